The molecule has 0 bridgehead atoms. The van der Waals surface area contributed by atoms with E-state index >= 15 is 0 Å². The van der Waals surface area contributed by atoms with Crippen LogP contribution in [-0.4, -0.2) is 13.1 Å². The summed E-state index contributed by atoms with van der Waals surface area (Å²) in [6.45, 7) is 2.22. The Bertz CT molecular complexity index is 473. The van der Waals surface area contributed by atoms with Crippen LogP contribution < -0.4 is 16.4 Å². The molecule has 0 aliphatic carbocycles. The highest BCUT2D eigenvalue weighted by Crippen LogP contribution is 2.20. The number of hydrogen-bond acceptors (Lipinski definition) is 3. The van der Waals surface area contributed by atoms with Crippen LogP contribution in [0.4, 0.5) is 17.1 Å². The lowest BCUT2D eigenvalue weighted by Crippen LogP contribution is -2.17. The van der Waals surface area contributed by atoms with Crippen molar-refractivity contribution < 1.29 is 0 Å². The van der Waals surface area contributed by atoms with Gasteiger partial charge in [0.05, 0.1) is 0 Å². The number of para-hydroxylation sites is 1. The number of hydrogen-bond donors (Lipinski definition) is 2. The second kappa shape index (κ2) is 6.69. The van der Waals surface area contributed by atoms with E-state index < -0.39 is 0 Å². The van der Waals surface area contributed by atoms with Crippen LogP contribution in [0, 0.1) is 6.42 Å². The van der Waals surface area contributed by atoms with Crippen molar-refractivity contribution in [3.05, 3.63) is 61.0 Å². The smallest absolute Gasteiger partial charge is 0.0367 e. The van der Waals surface area contributed by atoms with Crippen LogP contribution in [0.15, 0.2) is 54.6 Å². The number of nitrogen functional groups attached to an aromatic ring is 2. The first-order chi connectivity index (χ1) is 9.25. The van der Waals surface area contributed by atoms with E-state index in [1.165, 1.54) is 12.1 Å². The Kier molecular flexibility index (Phi) is 4.67. The van der Waals surface area contributed by atoms with Crippen LogP contribution in [0.5, 0.6) is 0 Å². The summed E-state index contributed by atoms with van der Waals surface area (Å²) in [7, 11) is 0. The number of rotatable bonds is 1. The molecule has 1 fully saturated rings. The molecule has 3 heteroatoms. The monoisotopic (exact) mass is 254 g/mol. The molecule has 3 nitrogen and oxygen atoms in total. The van der Waals surface area contributed by atoms with Crippen LogP contribution in [-0.2, 0) is 0 Å². The fourth-order valence-corrected chi connectivity index (χ4v) is 1.96. The van der Waals surface area contributed by atoms with Gasteiger partial charge in [-0.2, -0.15) is 0 Å². The summed E-state index contributed by atoms with van der Waals surface area (Å²) in [6.07, 6.45) is 3.50. The third-order valence-corrected chi connectivity index (χ3v) is 3.01. The van der Waals surface area contributed by atoms with Gasteiger partial charge in [0.15, 0.2) is 0 Å². The van der Waals surface area contributed by atoms with Crippen LogP contribution in [0.1, 0.15) is 6.42 Å². The van der Waals surface area contributed by atoms with E-state index in [1.807, 2.05) is 42.5 Å². The molecular weight excluding hydrogens is 234 g/mol. The lowest BCUT2D eigenvalue weighted by Gasteiger charge is -2.17. The Morgan fingerprint density at radius 1 is 0.789 bits per heavy atom. The Hall–Kier alpha value is -2.16. The van der Waals surface area contributed by atoms with Gasteiger partial charge in [-0.25, -0.2) is 0 Å². The van der Waals surface area contributed by atoms with E-state index in [-0.39, 0.29) is 0 Å². The quantitative estimate of drug-likeness (QED) is 0.769. The molecule has 2 aromatic carbocycles. The van der Waals surface area contributed by atoms with E-state index in [2.05, 4.69) is 23.5 Å². The molecule has 19 heavy (non-hydrogen) atoms. The molecular formula is C16H20N3. The average Bonchev–Trinajstić information content (AvgIpc) is 2.95. The molecule has 3 rings (SSSR count). The van der Waals surface area contributed by atoms with Crippen molar-refractivity contribution in [2.24, 2.45) is 0 Å². The molecule has 1 heterocycles. The molecule has 0 atom stereocenters. The third kappa shape index (κ3) is 4.21. The Morgan fingerprint density at radius 2 is 1.42 bits per heavy atom. The maximum absolute atomic E-state index is 5.60. The van der Waals surface area contributed by atoms with Crippen molar-refractivity contribution in [1.82, 2.24) is 0 Å². The second-order valence-corrected chi connectivity index (χ2v) is 4.53. The first-order valence-corrected chi connectivity index (χ1v) is 6.48. The van der Waals surface area contributed by atoms with Crippen molar-refractivity contribution in [3.8, 4) is 0 Å². The van der Waals surface area contributed by atoms with E-state index in [1.54, 1.807) is 0 Å². The van der Waals surface area contributed by atoms with Gasteiger partial charge in [0, 0.05) is 30.2 Å². The molecule has 99 valence electrons. The van der Waals surface area contributed by atoms with E-state index in [0.717, 1.165) is 24.5 Å². The van der Waals surface area contributed by atoms with E-state index in [0.29, 0.717) is 0 Å². The minimum Gasteiger partial charge on any atom is -0.399 e. The topological polar surface area (TPSA) is 55.3 Å². The van der Waals surface area contributed by atoms with Crippen molar-refractivity contribution in [3.63, 3.8) is 0 Å². The van der Waals surface area contributed by atoms with Gasteiger partial charge in [0.2, 0.25) is 0 Å². The van der Waals surface area contributed by atoms with Gasteiger partial charge in [-0.05, 0) is 49.2 Å². The summed E-state index contributed by atoms with van der Waals surface area (Å²) in [5.41, 5.74) is 13.9. The number of nitrogens with zero attached hydrogens (tertiary/aromatic N) is 1. The van der Waals surface area contributed by atoms with Gasteiger partial charge in [0.1, 0.15) is 0 Å². The largest absolute Gasteiger partial charge is 0.399 e. The lowest BCUT2D eigenvalue weighted by atomic mass is 10.2. The van der Waals surface area contributed by atoms with E-state index in [9.17, 15) is 0 Å². The summed E-state index contributed by atoms with van der Waals surface area (Å²) < 4.78 is 0. The molecule has 0 unspecified atom stereocenters. The molecule has 0 spiro atoms. The molecule has 4 N–H and O–H groups in total. The first-order valence-electron chi connectivity index (χ1n) is 6.48. The van der Waals surface area contributed by atoms with Gasteiger partial charge in [-0.1, -0.05) is 18.2 Å². The van der Waals surface area contributed by atoms with Gasteiger partial charge in [-0.3, -0.25) is 0 Å². The van der Waals surface area contributed by atoms with Crippen LogP contribution in [0.3, 0.4) is 0 Å². The Balaban J connectivity index is 0.000000163. The van der Waals surface area contributed by atoms with Gasteiger partial charge in [0.25, 0.3) is 0 Å². The SMILES string of the molecule is Nc1ccc(N2C[CH]CC2)cc1.Nc1ccccc1. The summed E-state index contributed by atoms with van der Waals surface area (Å²) >= 11 is 0. The van der Waals surface area contributed by atoms with Gasteiger partial charge < -0.3 is 16.4 Å². The van der Waals surface area contributed by atoms with Crippen molar-refractivity contribution in [1.29, 1.82) is 0 Å². The minimum absolute atomic E-state index is 0.822. The summed E-state index contributed by atoms with van der Waals surface area (Å²) in [5.74, 6) is 0. The molecule has 0 amide bonds. The third-order valence-electron chi connectivity index (χ3n) is 3.01. The maximum atomic E-state index is 5.60. The zero-order valence-corrected chi connectivity index (χ0v) is 11.0. The van der Waals surface area contributed by atoms with Crippen LogP contribution >= 0.6 is 0 Å². The number of anilines is 3. The second-order valence-electron chi connectivity index (χ2n) is 4.53. The van der Waals surface area contributed by atoms with Gasteiger partial charge in [-0.15, -0.1) is 0 Å². The van der Waals surface area contributed by atoms with Crippen LogP contribution in [0.25, 0.3) is 0 Å². The standard InChI is InChI=1S/C10H13N2.C6H7N/c11-9-3-5-10(6-4-9)12-7-1-2-8-12;7-6-4-2-1-3-5-6/h1,3-6H,2,7-8,11H2;1-5H,7H2. The normalized spacial score (nSPS) is 13.8. The molecule has 1 aliphatic heterocycles. The van der Waals surface area contributed by atoms with Crippen molar-refractivity contribution in [2.75, 3.05) is 29.5 Å². The predicted octanol–water partition coefficient (Wildman–Crippen LogP) is 2.95. The lowest BCUT2D eigenvalue weighted by molar-refractivity contribution is 0.968. The maximum Gasteiger partial charge on any atom is 0.0367 e. The highest BCUT2D eigenvalue weighted by molar-refractivity contribution is 5.53. The number of benzene rings is 2. The molecule has 0 saturated carbocycles. The highest BCUT2D eigenvalue weighted by Gasteiger charge is 2.11. The molecule has 2 aromatic rings. The first kappa shape index (κ1) is 13.3. The molecule has 1 radical (unpaired) electrons. The molecule has 1 aliphatic rings. The van der Waals surface area contributed by atoms with Crippen molar-refractivity contribution in [2.45, 2.75) is 6.42 Å². The zero-order chi connectivity index (χ0) is 13.5. The van der Waals surface area contributed by atoms with Crippen molar-refractivity contribution >= 4 is 17.1 Å². The summed E-state index contributed by atoms with van der Waals surface area (Å²) in [4.78, 5) is 2.35. The summed E-state index contributed by atoms with van der Waals surface area (Å²) in [6, 6.07) is 17.5. The fraction of sp³-hybridized carbons (Fsp3) is 0.188. The van der Waals surface area contributed by atoms with E-state index in [4.69, 9.17) is 11.5 Å². The highest BCUT2D eigenvalue weighted by atomic mass is 15.1. The zero-order valence-electron chi connectivity index (χ0n) is 11.0. The minimum atomic E-state index is 0.822. The summed E-state index contributed by atoms with van der Waals surface area (Å²) in [5, 5.41) is 0. The predicted molar refractivity (Wildman–Crippen MR) is 82.8 cm³/mol. The fourth-order valence-electron chi connectivity index (χ4n) is 1.96. The van der Waals surface area contributed by atoms with Crippen LogP contribution in [0.2, 0.25) is 0 Å². The average molecular weight is 254 g/mol. The molecule has 0 aromatic heterocycles. The van der Waals surface area contributed by atoms with Gasteiger partial charge >= 0.3 is 0 Å². The Labute approximate surface area is 114 Å². The number of nitrogens with two attached hydrogens (primary N) is 2. The molecule has 1 saturated heterocycles. The Morgan fingerprint density at radius 3 is 1.89 bits per heavy atom.